The summed E-state index contributed by atoms with van der Waals surface area (Å²) in [5.41, 5.74) is 0. The summed E-state index contributed by atoms with van der Waals surface area (Å²) < 4.78 is 26.5. The van der Waals surface area contributed by atoms with E-state index in [2.05, 4.69) is 9.71 Å². The van der Waals surface area contributed by atoms with Gasteiger partial charge in [-0.05, 0) is 30.9 Å². The molecular formula is C11H15ClN2O2S. The van der Waals surface area contributed by atoms with E-state index in [-0.39, 0.29) is 10.0 Å². The van der Waals surface area contributed by atoms with Gasteiger partial charge in [0, 0.05) is 12.7 Å². The van der Waals surface area contributed by atoms with Gasteiger partial charge in [0.15, 0.2) is 0 Å². The van der Waals surface area contributed by atoms with Crippen molar-refractivity contribution in [1.29, 1.82) is 0 Å². The summed E-state index contributed by atoms with van der Waals surface area (Å²) in [7, 11) is -3.44. The van der Waals surface area contributed by atoms with Gasteiger partial charge in [0.1, 0.15) is 5.15 Å². The highest BCUT2D eigenvalue weighted by molar-refractivity contribution is 7.89. The summed E-state index contributed by atoms with van der Waals surface area (Å²) in [5.74, 6) is 0.474. The minimum Gasteiger partial charge on any atom is -0.244 e. The van der Waals surface area contributed by atoms with E-state index in [0.717, 1.165) is 12.8 Å². The first kappa shape index (κ1) is 12.8. The summed E-state index contributed by atoms with van der Waals surface area (Å²) in [6.45, 7) is 0.516. The van der Waals surface area contributed by atoms with Crippen molar-refractivity contribution in [3.8, 4) is 0 Å². The zero-order valence-corrected chi connectivity index (χ0v) is 11.0. The van der Waals surface area contributed by atoms with Crippen LogP contribution in [0.3, 0.4) is 0 Å². The van der Waals surface area contributed by atoms with Crippen LogP contribution in [-0.2, 0) is 10.0 Å². The second-order valence-corrected chi connectivity index (χ2v) is 6.47. The molecule has 1 aromatic rings. The topological polar surface area (TPSA) is 59.1 Å². The lowest BCUT2D eigenvalue weighted by atomic mass is 10.1. The average molecular weight is 275 g/mol. The van der Waals surface area contributed by atoms with Crippen molar-refractivity contribution < 1.29 is 8.42 Å². The van der Waals surface area contributed by atoms with Crippen LogP contribution in [0.1, 0.15) is 25.7 Å². The Bertz CT molecular complexity index is 484. The van der Waals surface area contributed by atoms with Crippen molar-refractivity contribution in [2.45, 2.75) is 30.6 Å². The minimum absolute atomic E-state index is 0.176. The van der Waals surface area contributed by atoms with Gasteiger partial charge in [-0.1, -0.05) is 24.4 Å². The van der Waals surface area contributed by atoms with Crippen LogP contribution in [-0.4, -0.2) is 19.9 Å². The zero-order valence-electron chi connectivity index (χ0n) is 9.39. The van der Waals surface area contributed by atoms with Gasteiger partial charge in [-0.3, -0.25) is 0 Å². The molecule has 0 spiro atoms. The molecule has 0 aromatic carbocycles. The number of hydrogen-bond donors (Lipinski definition) is 1. The fraction of sp³-hybridized carbons (Fsp3) is 0.545. The second kappa shape index (κ2) is 5.33. The monoisotopic (exact) mass is 274 g/mol. The Hall–Kier alpha value is -0.650. The molecular weight excluding hydrogens is 260 g/mol. The minimum atomic E-state index is -3.44. The van der Waals surface area contributed by atoms with E-state index in [1.807, 2.05) is 0 Å². The number of nitrogens with one attached hydrogen (secondary N) is 1. The van der Waals surface area contributed by atoms with Crippen LogP contribution < -0.4 is 4.72 Å². The Kier molecular flexibility index (Phi) is 4.01. The van der Waals surface area contributed by atoms with E-state index in [1.54, 1.807) is 0 Å². The van der Waals surface area contributed by atoms with Crippen LogP contribution >= 0.6 is 11.6 Å². The molecule has 2 rings (SSSR count). The maximum atomic E-state index is 11.9. The molecule has 0 atom stereocenters. The first-order chi connectivity index (χ1) is 8.08. The van der Waals surface area contributed by atoms with Gasteiger partial charge < -0.3 is 0 Å². The summed E-state index contributed by atoms with van der Waals surface area (Å²) >= 11 is 5.67. The second-order valence-electron chi connectivity index (χ2n) is 4.32. The third kappa shape index (κ3) is 3.40. The quantitative estimate of drug-likeness (QED) is 0.857. The largest absolute Gasteiger partial charge is 0.244 e. The third-order valence-electron chi connectivity index (χ3n) is 3.05. The highest BCUT2D eigenvalue weighted by atomic mass is 35.5. The van der Waals surface area contributed by atoms with Crippen molar-refractivity contribution in [1.82, 2.24) is 9.71 Å². The van der Waals surface area contributed by atoms with Gasteiger partial charge in [-0.25, -0.2) is 18.1 Å². The summed E-state index contributed by atoms with van der Waals surface area (Å²) in [5, 5.41) is 0.189. The predicted octanol–water partition coefficient (Wildman–Crippen LogP) is 2.20. The lowest BCUT2D eigenvalue weighted by Crippen LogP contribution is -2.28. The van der Waals surface area contributed by atoms with Crippen molar-refractivity contribution >= 4 is 21.6 Å². The van der Waals surface area contributed by atoms with Crippen molar-refractivity contribution in [3.63, 3.8) is 0 Å². The van der Waals surface area contributed by atoms with E-state index >= 15 is 0 Å². The Labute approximate surface area is 106 Å². The molecule has 4 nitrogen and oxygen atoms in total. The molecule has 1 fully saturated rings. The van der Waals surface area contributed by atoms with Crippen LogP contribution in [0.25, 0.3) is 0 Å². The molecule has 1 heterocycles. The maximum absolute atomic E-state index is 11.9. The molecule has 0 amide bonds. The van der Waals surface area contributed by atoms with E-state index in [0.29, 0.717) is 12.5 Å². The first-order valence-corrected chi connectivity index (χ1v) is 7.55. The van der Waals surface area contributed by atoms with E-state index < -0.39 is 10.0 Å². The predicted molar refractivity (Wildman–Crippen MR) is 66.4 cm³/mol. The van der Waals surface area contributed by atoms with Gasteiger partial charge in [-0.15, -0.1) is 0 Å². The molecule has 0 aliphatic heterocycles. The number of rotatable bonds is 4. The summed E-state index contributed by atoms with van der Waals surface area (Å²) in [6.07, 6.45) is 6.02. The number of hydrogen-bond acceptors (Lipinski definition) is 3. The van der Waals surface area contributed by atoms with Crippen LogP contribution in [0.2, 0.25) is 5.15 Å². The van der Waals surface area contributed by atoms with Crippen molar-refractivity contribution in [2.24, 2.45) is 5.92 Å². The van der Waals surface area contributed by atoms with Crippen LogP contribution in [0.15, 0.2) is 23.2 Å². The molecule has 0 unspecified atom stereocenters. The average Bonchev–Trinajstić information content (AvgIpc) is 2.79. The standard InChI is InChI=1S/C11H15ClN2O2S/c12-11-7-10(5-6-13-11)17(15,16)14-8-9-3-1-2-4-9/h5-7,9,14H,1-4,8H2. The number of sulfonamides is 1. The summed E-state index contributed by atoms with van der Waals surface area (Å²) in [4.78, 5) is 3.94. The Morgan fingerprint density at radius 1 is 1.41 bits per heavy atom. The maximum Gasteiger partial charge on any atom is 0.240 e. The zero-order chi connectivity index (χ0) is 12.3. The van der Waals surface area contributed by atoms with Gasteiger partial charge in [-0.2, -0.15) is 0 Å². The number of nitrogens with zero attached hydrogens (tertiary/aromatic N) is 1. The summed E-state index contributed by atoms with van der Waals surface area (Å²) in [6, 6.07) is 2.81. The smallest absolute Gasteiger partial charge is 0.240 e. The van der Waals surface area contributed by atoms with Crippen LogP contribution in [0.4, 0.5) is 0 Å². The number of pyridine rings is 1. The number of halogens is 1. The molecule has 1 saturated carbocycles. The molecule has 94 valence electrons. The Morgan fingerprint density at radius 2 is 2.12 bits per heavy atom. The van der Waals surface area contributed by atoms with Crippen molar-refractivity contribution in [3.05, 3.63) is 23.5 Å². The van der Waals surface area contributed by atoms with Crippen LogP contribution in [0.5, 0.6) is 0 Å². The van der Waals surface area contributed by atoms with E-state index in [9.17, 15) is 8.42 Å². The molecule has 1 N–H and O–H groups in total. The fourth-order valence-corrected chi connectivity index (χ4v) is 3.44. The number of aromatic nitrogens is 1. The molecule has 1 aliphatic rings. The van der Waals surface area contributed by atoms with Gasteiger partial charge in [0.05, 0.1) is 4.90 Å². The normalized spacial score (nSPS) is 17.5. The SMILES string of the molecule is O=S(=O)(NCC1CCCC1)c1ccnc(Cl)c1. The highest BCUT2D eigenvalue weighted by Gasteiger charge is 2.19. The highest BCUT2D eigenvalue weighted by Crippen LogP contribution is 2.24. The molecule has 1 aliphatic carbocycles. The molecule has 17 heavy (non-hydrogen) atoms. The fourth-order valence-electron chi connectivity index (χ4n) is 2.08. The van der Waals surface area contributed by atoms with Gasteiger partial charge in [0.2, 0.25) is 10.0 Å². The van der Waals surface area contributed by atoms with Crippen molar-refractivity contribution in [2.75, 3.05) is 6.54 Å². The molecule has 0 saturated heterocycles. The Morgan fingerprint density at radius 3 is 2.76 bits per heavy atom. The molecule has 0 bridgehead atoms. The van der Waals surface area contributed by atoms with E-state index in [1.165, 1.54) is 31.2 Å². The lowest BCUT2D eigenvalue weighted by molar-refractivity contribution is 0.519. The molecule has 0 radical (unpaired) electrons. The van der Waals surface area contributed by atoms with Crippen LogP contribution in [0, 0.1) is 5.92 Å². The first-order valence-electron chi connectivity index (χ1n) is 5.69. The van der Waals surface area contributed by atoms with Gasteiger partial charge >= 0.3 is 0 Å². The lowest BCUT2D eigenvalue weighted by Gasteiger charge is -2.11. The van der Waals surface area contributed by atoms with Gasteiger partial charge in [0.25, 0.3) is 0 Å². The molecule has 6 heteroatoms. The Balaban J connectivity index is 2.03. The van der Waals surface area contributed by atoms with E-state index in [4.69, 9.17) is 11.6 Å². The third-order valence-corrected chi connectivity index (χ3v) is 4.67. The molecule has 1 aromatic heterocycles.